The van der Waals surface area contributed by atoms with Gasteiger partial charge in [-0.15, -0.1) is 5.10 Å². The molecule has 2 aromatic carbocycles. The molecule has 0 aliphatic carbocycles. The molecule has 0 saturated heterocycles. The van der Waals surface area contributed by atoms with E-state index >= 15 is 0 Å². The second-order valence-electron chi connectivity index (χ2n) is 5.73. The molecule has 9 nitrogen and oxygen atoms in total. The third-order valence-electron chi connectivity index (χ3n) is 3.97. The molecule has 134 valence electrons. The number of nitrogens with zero attached hydrogens (tertiary/aromatic N) is 6. The van der Waals surface area contributed by atoms with E-state index in [4.69, 9.17) is 11.6 Å². The zero-order chi connectivity index (χ0) is 19.0. The maximum atomic E-state index is 11.8. The van der Waals surface area contributed by atoms with Crippen LogP contribution in [0.15, 0.2) is 48.8 Å². The third-order valence-corrected chi connectivity index (χ3v) is 4.38. The monoisotopic (exact) mass is 381 g/mol. The van der Waals surface area contributed by atoms with Crippen molar-refractivity contribution < 1.29 is 4.92 Å². The van der Waals surface area contributed by atoms with Gasteiger partial charge < -0.3 is 5.32 Å². The summed E-state index contributed by atoms with van der Waals surface area (Å²) in [6.07, 6.45) is 1.23. The third kappa shape index (κ3) is 3.04. The number of nitrogens with one attached hydrogen (secondary N) is 1. The summed E-state index contributed by atoms with van der Waals surface area (Å²) in [7, 11) is 0. The number of rotatable bonds is 4. The van der Waals surface area contributed by atoms with Crippen LogP contribution in [0.4, 0.5) is 17.2 Å². The Morgan fingerprint density at radius 1 is 1.19 bits per heavy atom. The molecule has 0 aliphatic rings. The van der Waals surface area contributed by atoms with Crippen LogP contribution in [0.3, 0.4) is 0 Å². The zero-order valence-electron chi connectivity index (χ0n) is 14.0. The number of hydrogen-bond acceptors (Lipinski definition) is 7. The van der Waals surface area contributed by atoms with Crippen LogP contribution in [-0.2, 0) is 0 Å². The molecular weight excluding hydrogens is 370 g/mol. The van der Waals surface area contributed by atoms with Gasteiger partial charge in [0.15, 0.2) is 0 Å². The largest absolute Gasteiger partial charge is 0.356 e. The lowest BCUT2D eigenvalue weighted by Crippen LogP contribution is -2.09. The normalized spacial score (nSPS) is 10.9. The van der Waals surface area contributed by atoms with Crippen molar-refractivity contribution in [3.8, 4) is 5.82 Å². The van der Waals surface area contributed by atoms with Crippen molar-refractivity contribution in [3.05, 3.63) is 69.5 Å². The van der Waals surface area contributed by atoms with Crippen LogP contribution in [0, 0.1) is 17.0 Å². The summed E-state index contributed by atoms with van der Waals surface area (Å²) >= 11 is 6.13. The highest BCUT2D eigenvalue weighted by Gasteiger charge is 2.26. The highest BCUT2D eigenvalue weighted by Crippen LogP contribution is 2.32. The predicted octanol–water partition coefficient (Wildman–Crippen LogP) is 3.82. The molecule has 2 heterocycles. The number of fused-ring (bicyclic) bond motifs is 1. The van der Waals surface area contributed by atoms with Gasteiger partial charge in [-0.25, -0.2) is 9.97 Å². The standard InChI is InChI=1S/C17H12ClN7O2/c1-10-6-7-11(8-12(10)18)21-16-15(25(26)27)17(20-9-19-16)24-14-5-3-2-4-13(14)22-23-24/h2-9H,1H3,(H,19,20,21). The van der Waals surface area contributed by atoms with Crippen LogP contribution >= 0.6 is 11.6 Å². The van der Waals surface area contributed by atoms with E-state index in [1.165, 1.54) is 11.0 Å². The van der Waals surface area contributed by atoms with Crippen LogP contribution in [0.2, 0.25) is 5.02 Å². The summed E-state index contributed by atoms with van der Waals surface area (Å²) in [4.78, 5) is 19.3. The number of anilines is 2. The summed E-state index contributed by atoms with van der Waals surface area (Å²) in [6.45, 7) is 1.87. The molecule has 2 aromatic heterocycles. The molecule has 0 saturated carbocycles. The molecule has 0 aliphatic heterocycles. The molecule has 0 fully saturated rings. The van der Waals surface area contributed by atoms with Gasteiger partial charge in [-0.2, -0.15) is 4.68 Å². The SMILES string of the molecule is Cc1ccc(Nc2ncnc(-n3nnc4ccccc43)c2[N+](=O)[O-])cc1Cl. The molecule has 0 unspecified atom stereocenters. The van der Waals surface area contributed by atoms with Crippen molar-refractivity contribution in [3.63, 3.8) is 0 Å². The second kappa shape index (κ2) is 6.61. The second-order valence-corrected chi connectivity index (χ2v) is 6.14. The van der Waals surface area contributed by atoms with Gasteiger partial charge in [-0.05, 0) is 36.8 Å². The van der Waals surface area contributed by atoms with E-state index in [9.17, 15) is 10.1 Å². The van der Waals surface area contributed by atoms with Crippen molar-refractivity contribution in [2.45, 2.75) is 6.92 Å². The average molecular weight is 382 g/mol. The van der Waals surface area contributed by atoms with Gasteiger partial charge >= 0.3 is 5.69 Å². The van der Waals surface area contributed by atoms with Gasteiger partial charge in [0, 0.05) is 10.7 Å². The minimum absolute atomic E-state index is 0.0180. The molecule has 0 radical (unpaired) electrons. The Hall–Kier alpha value is -3.59. The molecule has 27 heavy (non-hydrogen) atoms. The lowest BCUT2D eigenvalue weighted by Gasteiger charge is -2.09. The quantitative estimate of drug-likeness (QED) is 0.422. The molecule has 0 spiro atoms. The topological polar surface area (TPSA) is 112 Å². The Morgan fingerprint density at radius 3 is 2.78 bits per heavy atom. The Balaban J connectivity index is 1.85. The van der Waals surface area contributed by atoms with Gasteiger partial charge in [-0.1, -0.05) is 35.0 Å². The number of aryl methyl sites for hydroxylation is 1. The number of halogens is 1. The fourth-order valence-electron chi connectivity index (χ4n) is 2.62. The van der Waals surface area contributed by atoms with Crippen molar-refractivity contribution in [2.75, 3.05) is 5.32 Å². The molecule has 0 bridgehead atoms. The summed E-state index contributed by atoms with van der Waals surface area (Å²) in [5.74, 6) is 0.0499. The van der Waals surface area contributed by atoms with E-state index < -0.39 is 4.92 Å². The first-order valence-corrected chi connectivity index (χ1v) is 8.26. The molecule has 0 atom stereocenters. The summed E-state index contributed by atoms with van der Waals surface area (Å²) in [5.41, 5.74) is 2.36. The Labute approximate surface area is 157 Å². The lowest BCUT2D eigenvalue weighted by atomic mass is 10.2. The van der Waals surface area contributed by atoms with Crippen LogP contribution in [0.1, 0.15) is 5.56 Å². The van der Waals surface area contributed by atoms with Gasteiger partial charge in [0.2, 0.25) is 11.6 Å². The number of aromatic nitrogens is 5. The maximum absolute atomic E-state index is 11.8. The van der Waals surface area contributed by atoms with Crippen molar-refractivity contribution in [2.24, 2.45) is 0 Å². The minimum Gasteiger partial charge on any atom is -0.334 e. The number of hydrogen-bond donors (Lipinski definition) is 1. The van der Waals surface area contributed by atoms with E-state index in [1.54, 1.807) is 30.3 Å². The van der Waals surface area contributed by atoms with Crippen LogP contribution in [0.25, 0.3) is 16.9 Å². The summed E-state index contributed by atoms with van der Waals surface area (Å²) in [5, 5.41) is 23.3. The van der Waals surface area contributed by atoms with E-state index in [-0.39, 0.29) is 17.3 Å². The lowest BCUT2D eigenvalue weighted by molar-refractivity contribution is -0.384. The fourth-order valence-corrected chi connectivity index (χ4v) is 2.80. The number of para-hydroxylation sites is 1. The first-order valence-electron chi connectivity index (χ1n) is 7.88. The van der Waals surface area contributed by atoms with Crippen molar-refractivity contribution in [1.29, 1.82) is 0 Å². The van der Waals surface area contributed by atoms with Gasteiger partial charge in [0.1, 0.15) is 11.8 Å². The van der Waals surface area contributed by atoms with Gasteiger partial charge in [0.25, 0.3) is 0 Å². The number of benzene rings is 2. The zero-order valence-corrected chi connectivity index (χ0v) is 14.8. The summed E-state index contributed by atoms with van der Waals surface area (Å²) in [6, 6.07) is 12.4. The highest BCUT2D eigenvalue weighted by atomic mass is 35.5. The van der Waals surface area contributed by atoms with E-state index in [0.717, 1.165) is 5.56 Å². The molecule has 1 N–H and O–H groups in total. The fraction of sp³-hybridized carbons (Fsp3) is 0.0588. The molecule has 4 rings (SSSR count). The smallest absolute Gasteiger partial charge is 0.334 e. The Morgan fingerprint density at radius 2 is 2.00 bits per heavy atom. The van der Waals surface area contributed by atoms with Crippen LogP contribution in [0.5, 0.6) is 0 Å². The van der Waals surface area contributed by atoms with Crippen molar-refractivity contribution >= 4 is 39.8 Å². The van der Waals surface area contributed by atoms with Gasteiger partial charge in [-0.3, -0.25) is 10.1 Å². The van der Waals surface area contributed by atoms with Gasteiger partial charge in [0.05, 0.1) is 10.4 Å². The first-order chi connectivity index (χ1) is 13.0. The van der Waals surface area contributed by atoms with Crippen LogP contribution < -0.4 is 5.32 Å². The van der Waals surface area contributed by atoms with Crippen molar-refractivity contribution in [1.82, 2.24) is 25.0 Å². The van der Waals surface area contributed by atoms with E-state index in [0.29, 0.717) is 21.7 Å². The number of nitro groups is 1. The average Bonchev–Trinajstić information content (AvgIpc) is 3.08. The minimum atomic E-state index is -0.552. The predicted molar refractivity (Wildman–Crippen MR) is 101 cm³/mol. The highest BCUT2D eigenvalue weighted by molar-refractivity contribution is 6.31. The first kappa shape index (κ1) is 16.9. The Kier molecular flexibility index (Phi) is 4.13. The van der Waals surface area contributed by atoms with E-state index in [2.05, 4.69) is 25.6 Å². The summed E-state index contributed by atoms with van der Waals surface area (Å²) < 4.78 is 1.32. The van der Waals surface area contributed by atoms with Crippen LogP contribution in [-0.4, -0.2) is 29.9 Å². The molecule has 0 amide bonds. The van der Waals surface area contributed by atoms with E-state index in [1.807, 2.05) is 19.1 Å². The molecule has 10 heteroatoms. The molecule has 4 aromatic rings. The molecular formula is C17H12ClN7O2. The maximum Gasteiger partial charge on any atom is 0.356 e. The Bertz CT molecular complexity index is 1180.